The molecule has 0 spiro atoms. The van der Waals surface area contributed by atoms with Crippen LogP contribution in [0.5, 0.6) is 5.88 Å². The van der Waals surface area contributed by atoms with Crippen LogP contribution in [0, 0.1) is 0 Å². The quantitative estimate of drug-likeness (QED) is 0.574. The minimum Gasteiger partial charge on any atom is -0.480 e. The molecule has 0 saturated carbocycles. The highest BCUT2D eigenvalue weighted by Crippen LogP contribution is 2.32. The van der Waals surface area contributed by atoms with Crippen LogP contribution in [-0.4, -0.2) is 77.0 Å². The number of rotatable bonds is 5. The number of epoxide rings is 1. The molecule has 10 heteroatoms. The molecule has 1 aromatic carbocycles. The largest absolute Gasteiger partial charge is 0.480 e. The fourth-order valence-electron chi connectivity index (χ4n) is 4.20. The third-order valence-electron chi connectivity index (χ3n) is 6.05. The summed E-state index contributed by atoms with van der Waals surface area (Å²) in [5, 5.41) is 0.909. The molecule has 2 unspecified atom stereocenters. The maximum atomic E-state index is 12.6. The predicted molar refractivity (Wildman–Crippen MR) is 122 cm³/mol. The van der Waals surface area contributed by atoms with Crippen LogP contribution < -0.4 is 15.4 Å². The first kappa shape index (κ1) is 21.1. The first-order chi connectivity index (χ1) is 16.0. The molecule has 0 bridgehead atoms. The van der Waals surface area contributed by atoms with E-state index in [1.54, 1.807) is 17.4 Å². The Kier molecular flexibility index (Phi) is 5.29. The number of amides is 1. The number of nitrogen functional groups attached to an aromatic ring is 1. The van der Waals surface area contributed by atoms with E-state index in [9.17, 15) is 9.59 Å². The molecular weight excluding hydrogens is 424 g/mol. The van der Waals surface area contributed by atoms with E-state index >= 15 is 0 Å². The van der Waals surface area contributed by atoms with Crippen LogP contribution in [0.1, 0.15) is 6.92 Å². The lowest BCUT2D eigenvalue weighted by atomic mass is 10.0. The number of fused-ring (bicyclic) bond motifs is 1. The van der Waals surface area contributed by atoms with Gasteiger partial charge in [0.15, 0.2) is 18.0 Å². The first-order valence-electron chi connectivity index (χ1n) is 10.7. The third-order valence-corrected chi connectivity index (χ3v) is 6.05. The molecule has 2 aliphatic rings. The number of hydrogen-bond donors (Lipinski definition) is 1. The van der Waals surface area contributed by atoms with Crippen LogP contribution in [0.3, 0.4) is 0 Å². The van der Waals surface area contributed by atoms with Crippen molar-refractivity contribution in [2.24, 2.45) is 0 Å². The number of Topliss-reactive ketones (excluding diaryl/α,β-unsaturated/α-hetero) is 1. The van der Waals surface area contributed by atoms with Crippen molar-refractivity contribution >= 4 is 34.1 Å². The van der Waals surface area contributed by atoms with Gasteiger partial charge in [0.05, 0.1) is 18.3 Å². The second-order valence-electron chi connectivity index (χ2n) is 8.15. The second kappa shape index (κ2) is 8.28. The Balaban J connectivity index is 1.37. The van der Waals surface area contributed by atoms with E-state index in [1.165, 1.54) is 14.0 Å². The first-order valence-corrected chi connectivity index (χ1v) is 10.7. The van der Waals surface area contributed by atoms with E-state index in [2.05, 4.69) is 19.9 Å². The zero-order valence-electron chi connectivity index (χ0n) is 18.4. The Hall–Kier alpha value is -3.79. The number of ketones is 1. The Labute approximate surface area is 190 Å². The van der Waals surface area contributed by atoms with E-state index in [1.807, 2.05) is 24.3 Å². The van der Waals surface area contributed by atoms with Gasteiger partial charge in [-0.15, -0.1) is 0 Å². The van der Waals surface area contributed by atoms with Gasteiger partial charge in [-0.25, -0.2) is 15.0 Å². The SMILES string of the molecule is COc1ncc(-c2ccc3ncnc(N4CCN(C(=O)C5OC5C(C)=O)CC4)c3c2)cc1N. The molecule has 10 nitrogen and oxygen atoms in total. The maximum absolute atomic E-state index is 12.6. The number of nitrogens with two attached hydrogens (primary N) is 1. The van der Waals surface area contributed by atoms with Crippen molar-refractivity contribution < 1.29 is 19.1 Å². The van der Waals surface area contributed by atoms with Crippen molar-refractivity contribution in [1.82, 2.24) is 19.9 Å². The zero-order valence-corrected chi connectivity index (χ0v) is 18.4. The molecule has 33 heavy (non-hydrogen) atoms. The van der Waals surface area contributed by atoms with Crippen LogP contribution in [0.15, 0.2) is 36.8 Å². The van der Waals surface area contributed by atoms with Crippen molar-refractivity contribution in [3.05, 3.63) is 36.8 Å². The van der Waals surface area contributed by atoms with Crippen molar-refractivity contribution in [3.63, 3.8) is 0 Å². The van der Waals surface area contributed by atoms with Gasteiger partial charge in [0.2, 0.25) is 5.88 Å². The summed E-state index contributed by atoms with van der Waals surface area (Å²) in [5.74, 6) is 0.980. The average molecular weight is 448 g/mol. The normalized spacial score (nSPS) is 20.1. The summed E-state index contributed by atoms with van der Waals surface area (Å²) < 4.78 is 10.4. The lowest BCUT2D eigenvalue weighted by molar-refractivity contribution is -0.133. The number of anilines is 2. The Morgan fingerprint density at radius 1 is 1.06 bits per heavy atom. The Morgan fingerprint density at radius 3 is 2.52 bits per heavy atom. The molecule has 2 N–H and O–H groups in total. The Bertz CT molecular complexity index is 1240. The molecule has 0 radical (unpaired) electrons. The lowest BCUT2D eigenvalue weighted by Gasteiger charge is -2.35. The van der Waals surface area contributed by atoms with Gasteiger partial charge < -0.3 is 25.0 Å². The van der Waals surface area contributed by atoms with E-state index in [0.29, 0.717) is 37.7 Å². The smallest absolute Gasteiger partial charge is 0.255 e. The summed E-state index contributed by atoms with van der Waals surface area (Å²) in [6, 6.07) is 7.78. The van der Waals surface area contributed by atoms with Crippen LogP contribution in [-0.2, 0) is 14.3 Å². The molecule has 0 aliphatic carbocycles. The third kappa shape index (κ3) is 3.93. The number of carbonyl (C=O) groups is 2. The van der Waals surface area contributed by atoms with Gasteiger partial charge in [0.1, 0.15) is 12.1 Å². The lowest BCUT2D eigenvalue weighted by Crippen LogP contribution is -2.50. The van der Waals surface area contributed by atoms with E-state index in [4.69, 9.17) is 15.2 Å². The minimum atomic E-state index is -0.623. The molecule has 4 heterocycles. The molecule has 2 aliphatic heterocycles. The monoisotopic (exact) mass is 448 g/mol. The zero-order chi connectivity index (χ0) is 23.1. The van der Waals surface area contributed by atoms with Gasteiger partial charge in [0.25, 0.3) is 5.91 Å². The summed E-state index contributed by atoms with van der Waals surface area (Å²) in [5.41, 5.74) is 9.13. The summed E-state index contributed by atoms with van der Waals surface area (Å²) in [6.45, 7) is 3.76. The predicted octanol–water partition coefficient (Wildman–Crippen LogP) is 1.29. The standard InChI is InChI=1S/C23H24N6O4/c1-13(30)19-20(33-19)23(31)29-7-5-28(6-8-29)21-16-9-14(3-4-18(16)26-12-27-21)15-10-17(24)22(32-2)25-11-15/h3-4,9-12,19-20H,5-8,24H2,1-2H3. The highest BCUT2D eigenvalue weighted by molar-refractivity contribution is 5.95. The molecular formula is C23H24N6O4. The molecule has 170 valence electrons. The number of methoxy groups -OCH3 is 1. The van der Waals surface area contributed by atoms with Crippen molar-refractivity contribution in [2.45, 2.75) is 19.1 Å². The maximum Gasteiger partial charge on any atom is 0.255 e. The van der Waals surface area contributed by atoms with Crippen molar-refractivity contribution in [3.8, 4) is 17.0 Å². The number of carbonyl (C=O) groups excluding carboxylic acids is 2. The fraction of sp³-hybridized carbons (Fsp3) is 0.348. The molecule has 2 aromatic heterocycles. The van der Waals surface area contributed by atoms with Gasteiger partial charge in [-0.05, 0) is 30.7 Å². The number of aromatic nitrogens is 3. The average Bonchev–Trinajstić information content (AvgIpc) is 3.64. The number of benzene rings is 1. The molecule has 2 atom stereocenters. The van der Waals surface area contributed by atoms with Gasteiger partial charge in [-0.3, -0.25) is 9.59 Å². The number of pyridine rings is 1. The van der Waals surface area contributed by atoms with Crippen molar-refractivity contribution in [2.75, 3.05) is 43.9 Å². The van der Waals surface area contributed by atoms with E-state index in [0.717, 1.165) is 27.8 Å². The van der Waals surface area contributed by atoms with Gasteiger partial charge >= 0.3 is 0 Å². The molecule has 2 fully saturated rings. The second-order valence-corrected chi connectivity index (χ2v) is 8.15. The number of hydrogen-bond acceptors (Lipinski definition) is 9. The number of nitrogens with zero attached hydrogens (tertiary/aromatic N) is 5. The summed E-state index contributed by atoms with van der Waals surface area (Å²) in [7, 11) is 1.53. The van der Waals surface area contributed by atoms with Gasteiger partial charge in [-0.2, -0.15) is 0 Å². The summed E-state index contributed by atoms with van der Waals surface area (Å²) in [4.78, 5) is 41.1. The van der Waals surface area contributed by atoms with E-state index < -0.39 is 12.2 Å². The molecule has 5 rings (SSSR count). The van der Waals surface area contributed by atoms with Crippen molar-refractivity contribution in [1.29, 1.82) is 0 Å². The Morgan fingerprint density at radius 2 is 1.85 bits per heavy atom. The molecule has 1 amide bonds. The number of ether oxygens (including phenoxy) is 2. The van der Waals surface area contributed by atoms with Crippen LogP contribution in [0.2, 0.25) is 0 Å². The van der Waals surface area contributed by atoms with Crippen LogP contribution >= 0.6 is 0 Å². The molecule has 2 saturated heterocycles. The van der Waals surface area contributed by atoms with Gasteiger partial charge in [-0.1, -0.05) is 6.07 Å². The highest BCUT2D eigenvalue weighted by atomic mass is 16.6. The van der Waals surface area contributed by atoms with Crippen LogP contribution in [0.4, 0.5) is 11.5 Å². The summed E-state index contributed by atoms with van der Waals surface area (Å²) >= 11 is 0. The molecule has 3 aromatic rings. The fourth-order valence-corrected chi connectivity index (χ4v) is 4.20. The van der Waals surface area contributed by atoms with E-state index in [-0.39, 0.29) is 11.7 Å². The number of piperazine rings is 1. The minimum absolute atomic E-state index is 0.107. The van der Waals surface area contributed by atoms with Gasteiger partial charge in [0, 0.05) is 43.3 Å². The summed E-state index contributed by atoms with van der Waals surface area (Å²) in [6.07, 6.45) is 2.07. The topological polar surface area (TPSA) is 127 Å². The highest BCUT2D eigenvalue weighted by Gasteiger charge is 2.50. The van der Waals surface area contributed by atoms with Crippen LogP contribution in [0.25, 0.3) is 22.0 Å².